The molecule has 0 amide bonds. The molecule has 1 aromatic carbocycles. The normalized spacial score (nSPS) is 11.2. The second kappa shape index (κ2) is 6.76. The molecular weight excluding hydrogens is 270 g/mol. The summed E-state index contributed by atoms with van der Waals surface area (Å²) in [4.78, 5) is 4.54. The first-order valence-electron chi connectivity index (χ1n) is 7.11. The van der Waals surface area contributed by atoms with Gasteiger partial charge in [0.1, 0.15) is 5.82 Å². The number of nitriles is 1. The van der Waals surface area contributed by atoms with E-state index in [1.54, 1.807) is 6.07 Å². The van der Waals surface area contributed by atoms with Crippen LogP contribution in [0, 0.1) is 17.2 Å². The molecular formula is C16H20ClN3. The van der Waals surface area contributed by atoms with Crippen LogP contribution in [-0.2, 0) is 12.4 Å². The maximum atomic E-state index is 9.02. The van der Waals surface area contributed by atoms with E-state index in [0.717, 1.165) is 35.7 Å². The van der Waals surface area contributed by atoms with Gasteiger partial charge in [0.05, 0.1) is 28.5 Å². The van der Waals surface area contributed by atoms with Crippen molar-refractivity contribution in [3.05, 3.63) is 29.6 Å². The van der Waals surface area contributed by atoms with Gasteiger partial charge in [-0.05, 0) is 30.5 Å². The van der Waals surface area contributed by atoms with Crippen LogP contribution < -0.4 is 0 Å². The molecule has 1 aromatic heterocycles. The monoisotopic (exact) mass is 289 g/mol. The van der Waals surface area contributed by atoms with Crippen LogP contribution >= 0.6 is 11.6 Å². The van der Waals surface area contributed by atoms with Gasteiger partial charge in [-0.3, -0.25) is 0 Å². The number of fused-ring (bicyclic) bond motifs is 1. The summed E-state index contributed by atoms with van der Waals surface area (Å²) >= 11 is 5.99. The molecule has 0 saturated carbocycles. The standard InChI is InChI=1S/C16H20ClN3/c1-12(2)5-3-4-8-20-15-9-13(11-18)6-7-14(15)19-16(20)10-17/h6-7,9,12H,3-5,8,10H2,1-2H3. The molecule has 2 rings (SSSR count). The van der Waals surface area contributed by atoms with Gasteiger partial charge in [-0.2, -0.15) is 5.26 Å². The van der Waals surface area contributed by atoms with E-state index >= 15 is 0 Å². The van der Waals surface area contributed by atoms with Gasteiger partial charge in [-0.15, -0.1) is 11.6 Å². The first-order valence-corrected chi connectivity index (χ1v) is 7.64. The Balaban J connectivity index is 2.23. The molecule has 2 aromatic rings. The summed E-state index contributed by atoms with van der Waals surface area (Å²) in [6.45, 7) is 5.41. The first-order chi connectivity index (χ1) is 9.65. The lowest BCUT2D eigenvalue weighted by Crippen LogP contribution is -2.03. The Hall–Kier alpha value is -1.53. The second-order valence-corrected chi connectivity index (χ2v) is 5.79. The number of nitrogens with zero attached hydrogens (tertiary/aromatic N) is 3. The molecule has 0 saturated heterocycles. The van der Waals surface area contributed by atoms with Crippen LogP contribution in [0.3, 0.4) is 0 Å². The van der Waals surface area contributed by atoms with Gasteiger partial charge in [0.25, 0.3) is 0 Å². The summed E-state index contributed by atoms with van der Waals surface area (Å²) < 4.78 is 2.16. The highest BCUT2D eigenvalue weighted by Gasteiger charge is 2.10. The topological polar surface area (TPSA) is 41.6 Å². The number of rotatable bonds is 6. The average molecular weight is 290 g/mol. The first kappa shape index (κ1) is 14.9. The van der Waals surface area contributed by atoms with E-state index in [2.05, 4.69) is 29.5 Å². The maximum absolute atomic E-state index is 9.02. The molecule has 0 aliphatic carbocycles. The summed E-state index contributed by atoms with van der Waals surface area (Å²) in [7, 11) is 0. The Morgan fingerprint density at radius 2 is 2.15 bits per heavy atom. The van der Waals surface area contributed by atoms with Crippen LogP contribution in [0.25, 0.3) is 11.0 Å². The lowest BCUT2D eigenvalue weighted by Gasteiger charge is -2.09. The van der Waals surface area contributed by atoms with Gasteiger partial charge in [-0.25, -0.2) is 4.98 Å². The number of halogens is 1. The molecule has 4 heteroatoms. The number of imidazole rings is 1. The minimum atomic E-state index is 0.404. The largest absolute Gasteiger partial charge is 0.327 e. The number of aromatic nitrogens is 2. The Kier molecular flexibility index (Phi) is 5.03. The predicted octanol–water partition coefficient (Wildman–Crippen LogP) is 4.47. The van der Waals surface area contributed by atoms with Crippen LogP contribution in [0.1, 0.15) is 44.5 Å². The summed E-state index contributed by atoms with van der Waals surface area (Å²) in [6, 6.07) is 7.78. The quantitative estimate of drug-likeness (QED) is 0.581. The van der Waals surface area contributed by atoms with E-state index in [1.165, 1.54) is 12.8 Å². The number of hydrogen-bond donors (Lipinski definition) is 0. The lowest BCUT2D eigenvalue weighted by atomic mass is 10.1. The van der Waals surface area contributed by atoms with Crippen molar-refractivity contribution in [1.29, 1.82) is 5.26 Å². The van der Waals surface area contributed by atoms with Gasteiger partial charge < -0.3 is 4.57 Å². The number of benzene rings is 1. The molecule has 0 fully saturated rings. The molecule has 0 unspecified atom stereocenters. The third kappa shape index (κ3) is 3.32. The van der Waals surface area contributed by atoms with Crippen molar-refractivity contribution in [1.82, 2.24) is 9.55 Å². The third-order valence-electron chi connectivity index (χ3n) is 3.49. The van der Waals surface area contributed by atoms with Crippen LogP contribution in [0.5, 0.6) is 0 Å². The van der Waals surface area contributed by atoms with E-state index < -0.39 is 0 Å². The summed E-state index contributed by atoms with van der Waals surface area (Å²) in [5.41, 5.74) is 2.61. The van der Waals surface area contributed by atoms with Gasteiger partial charge in [0.15, 0.2) is 0 Å². The van der Waals surface area contributed by atoms with Crippen molar-refractivity contribution in [3.8, 4) is 6.07 Å². The zero-order valence-electron chi connectivity index (χ0n) is 12.1. The summed E-state index contributed by atoms with van der Waals surface area (Å²) in [5, 5.41) is 9.02. The van der Waals surface area contributed by atoms with Crippen molar-refractivity contribution in [2.24, 2.45) is 5.92 Å². The summed E-state index contributed by atoms with van der Waals surface area (Å²) in [6.07, 6.45) is 3.56. The molecule has 0 N–H and O–H groups in total. The smallest absolute Gasteiger partial charge is 0.124 e. The van der Waals surface area contributed by atoms with Gasteiger partial charge in [0, 0.05) is 6.54 Å². The maximum Gasteiger partial charge on any atom is 0.124 e. The molecule has 0 aliphatic heterocycles. The van der Waals surface area contributed by atoms with E-state index in [-0.39, 0.29) is 0 Å². The van der Waals surface area contributed by atoms with Crippen molar-refractivity contribution < 1.29 is 0 Å². The van der Waals surface area contributed by atoms with Crippen molar-refractivity contribution >= 4 is 22.6 Å². The van der Waals surface area contributed by atoms with Crippen molar-refractivity contribution in [2.45, 2.75) is 45.5 Å². The highest BCUT2D eigenvalue weighted by atomic mass is 35.5. The van der Waals surface area contributed by atoms with Crippen LogP contribution in [0.4, 0.5) is 0 Å². The van der Waals surface area contributed by atoms with Crippen LogP contribution in [0.15, 0.2) is 18.2 Å². The fourth-order valence-electron chi connectivity index (χ4n) is 2.42. The molecule has 0 aliphatic rings. The molecule has 0 atom stereocenters. The Morgan fingerprint density at radius 1 is 1.35 bits per heavy atom. The van der Waals surface area contributed by atoms with Crippen LogP contribution in [-0.4, -0.2) is 9.55 Å². The Labute approximate surface area is 125 Å². The van der Waals surface area contributed by atoms with Gasteiger partial charge >= 0.3 is 0 Å². The zero-order chi connectivity index (χ0) is 14.5. The third-order valence-corrected chi connectivity index (χ3v) is 3.73. The van der Waals surface area contributed by atoms with E-state index in [4.69, 9.17) is 16.9 Å². The molecule has 0 spiro atoms. The Morgan fingerprint density at radius 3 is 2.80 bits per heavy atom. The molecule has 1 heterocycles. The van der Waals surface area contributed by atoms with E-state index in [9.17, 15) is 0 Å². The summed E-state index contributed by atoms with van der Waals surface area (Å²) in [5.74, 6) is 2.04. The Bertz CT molecular complexity index is 622. The second-order valence-electron chi connectivity index (χ2n) is 5.52. The molecule has 0 radical (unpaired) electrons. The number of aryl methyl sites for hydroxylation is 1. The SMILES string of the molecule is CC(C)CCCCn1c(CCl)nc2ccc(C#N)cc21. The fourth-order valence-corrected chi connectivity index (χ4v) is 2.62. The number of alkyl halides is 1. The zero-order valence-corrected chi connectivity index (χ0v) is 12.8. The number of unbranched alkanes of at least 4 members (excludes halogenated alkanes) is 1. The average Bonchev–Trinajstić information content (AvgIpc) is 2.80. The van der Waals surface area contributed by atoms with Crippen LogP contribution in [0.2, 0.25) is 0 Å². The predicted molar refractivity (Wildman–Crippen MR) is 82.7 cm³/mol. The molecule has 106 valence electrons. The molecule has 20 heavy (non-hydrogen) atoms. The van der Waals surface area contributed by atoms with Crippen molar-refractivity contribution in [3.63, 3.8) is 0 Å². The van der Waals surface area contributed by atoms with Gasteiger partial charge in [0.2, 0.25) is 0 Å². The van der Waals surface area contributed by atoms with E-state index in [0.29, 0.717) is 11.4 Å². The highest BCUT2D eigenvalue weighted by Crippen LogP contribution is 2.20. The van der Waals surface area contributed by atoms with Gasteiger partial charge in [-0.1, -0.05) is 26.7 Å². The minimum absolute atomic E-state index is 0.404. The molecule has 0 bridgehead atoms. The molecule has 3 nitrogen and oxygen atoms in total. The minimum Gasteiger partial charge on any atom is -0.327 e. The van der Waals surface area contributed by atoms with Crippen molar-refractivity contribution in [2.75, 3.05) is 0 Å². The lowest BCUT2D eigenvalue weighted by molar-refractivity contribution is 0.509. The highest BCUT2D eigenvalue weighted by molar-refractivity contribution is 6.16. The van der Waals surface area contributed by atoms with E-state index in [1.807, 2.05) is 12.1 Å². The fraction of sp³-hybridized carbons (Fsp3) is 0.500. The number of hydrogen-bond acceptors (Lipinski definition) is 2.